The number of rotatable bonds is 7. The number of carbonyl (C=O) groups is 2. The summed E-state index contributed by atoms with van der Waals surface area (Å²) in [5.41, 5.74) is 14.3. The van der Waals surface area contributed by atoms with Crippen molar-refractivity contribution in [1.29, 1.82) is 0 Å². The van der Waals surface area contributed by atoms with E-state index in [1.165, 1.54) is 16.7 Å². The highest BCUT2D eigenvalue weighted by Crippen LogP contribution is 2.40. The number of hydrogen-bond acceptors (Lipinski definition) is 12. The summed E-state index contributed by atoms with van der Waals surface area (Å²) in [5.74, 6) is 1.31. The zero-order chi connectivity index (χ0) is 30.8. The highest BCUT2D eigenvalue weighted by Gasteiger charge is 2.28. The van der Waals surface area contributed by atoms with E-state index in [1.807, 2.05) is 24.3 Å². The number of halogens is 1. The third kappa shape index (κ3) is 6.83. The highest BCUT2D eigenvalue weighted by molar-refractivity contribution is 7.99. The molecule has 0 saturated carbocycles. The Kier molecular flexibility index (Phi) is 8.76. The van der Waals surface area contributed by atoms with Gasteiger partial charge in [-0.15, -0.1) is 5.10 Å². The molecule has 0 spiro atoms. The molecule has 5 N–H and O–H groups in total. The summed E-state index contributed by atoms with van der Waals surface area (Å²) in [6.45, 7) is 7.95. The minimum Gasteiger partial charge on any atom is -0.381 e. The van der Waals surface area contributed by atoms with Crippen molar-refractivity contribution in [2.45, 2.75) is 48.2 Å². The lowest BCUT2D eigenvalue weighted by molar-refractivity contribution is -0.120. The van der Waals surface area contributed by atoms with Crippen LogP contribution in [0.4, 0.5) is 27.9 Å². The molecule has 0 unspecified atom stereocenters. The molecule has 3 aromatic rings. The van der Waals surface area contributed by atoms with Crippen molar-refractivity contribution in [3.8, 4) is 0 Å². The zero-order valence-corrected chi connectivity index (χ0v) is 26.1. The molecule has 0 aliphatic carbocycles. The van der Waals surface area contributed by atoms with Crippen LogP contribution in [0, 0.1) is 0 Å². The first-order chi connectivity index (χ1) is 21.1. The first-order valence-corrected chi connectivity index (χ1v) is 15.9. The van der Waals surface area contributed by atoms with E-state index in [0.29, 0.717) is 34.8 Å². The second-order valence-electron chi connectivity index (χ2n) is 11.7. The third-order valence-corrected chi connectivity index (χ3v) is 9.84. The van der Waals surface area contributed by atoms with Gasteiger partial charge < -0.3 is 21.3 Å². The Morgan fingerprint density at radius 3 is 2.43 bits per heavy atom. The molecule has 3 saturated heterocycles. The quantitative estimate of drug-likeness (QED) is 0.348. The Morgan fingerprint density at radius 2 is 1.75 bits per heavy atom. The number of amides is 3. The summed E-state index contributed by atoms with van der Waals surface area (Å²) < 4.78 is 0. The minimum atomic E-state index is -0.469. The maximum Gasteiger partial charge on any atom is 0.329 e. The van der Waals surface area contributed by atoms with Gasteiger partial charge in [0.2, 0.25) is 5.91 Å². The summed E-state index contributed by atoms with van der Waals surface area (Å²) in [5, 5.41) is 12.1. The average molecular weight is 638 g/mol. The van der Waals surface area contributed by atoms with Crippen molar-refractivity contribution < 1.29 is 9.59 Å². The highest BCUT2D eigenvalue weighted by atomic mass is 35.5. The van der Waals surface area contributed by atoms with Crippen LogP contribution in [0.3, 0.4) is 0 Å². The van der Waals surface area contributed by atoms with Crippen LogP contribution in [-0.2, 0) is 11.3 Å². The van der Waals surface area contributed by atoms with Crippen LogP contribution < -0.4 is 31.5 Å². The number of anilines is 4. The maximum atomic E-state index is 12.1. The predicted octanol–water partition coefficient (Wildman–Crippen LogP) is 2.74. The Bertz CT molecular complexity index is 1520. The van der Waals surface area contributed by atoms with Gasteiger partial charge >= 0.3 is 6.03 Å². The van der Waals surface area contributed by atoms with Gasteiger partial charge in [-0.1, -0.05) is 29.4 Å². The van der Waals surface area contributed by atoms with Crippen LogP contribution in [0.1, 0.15) is 31.9 Å². The van der Waals surface area contributed by atoms with E-state index in [9.17, 15) is 9.59 Å². The summed E-state index contributed by atoms with van der Waals surface area (Å²) in [7, 11) is 0. The number of hydrogen-bond donors (Lipinski definition) is 3. The molecular formula is C29H36ClN11O2S. The third-order valence-electron chi connectivity index (χ3n) is 8.27. The molecule has 44 heavy (non-hydrogen) atoms. The van der Waals surface area contributed by atoms with E-state index >= 15 is 0 Å². The van der Waals surface area contributed by atoms with E-state index in [2.05, 4.69) is 47.1 Å². The number of nitrogens with two attached hydrogens (primary N) is 2. The molecule has 3 amide bonds. The molecule has 13 nitrogen and oxygen atoms in total. The van der Waals surface area contributed by atoms with Gasteiger partial charge in [0.05, 0.1) is 22.6 Å². The van der Waals surface area contributed by atoms with Crippen LogP contribution in [0.2, 0.25) is 5.02 Å². The molecule has 3 aliphatic rings. The SMILES string of the molecule is CC1(N)CCN(c2cnc(Sc3cccc(N4CCN(Cc5ccc(N6CCC(=O)NC6=O)nn5)CC4)c3Cl)c(N)n2)CC1. The number of imide groups is 1. The molecule has 0 bridgehead atoms. The number of nitrogens with one attached hydrogen (secondary N) is 1. The average Bonchev–Trinajstić information content (AvgIpc) is 3.00. The molecule has 0 atom stereocenters. The summed E-state index contributed by atoms with van der Waals surface area (Å²) in [4.78, 5) is 41.8. The Morgan fingerprint density at radius 1 is 0.977 bits per heavy atom. The summed E-state index contributed by atoms with van der Waals surface area (Å²) in [6.07, 6.45) is 3.82. The lowest BCUT2D eigenvalue weighted by Gasteiger charge is -2.37. The molecule has 2 aromatic heterocycles. The van der Waals surface area contributed by atoms with Crippen molar-refractivity contribution in [1.82, 2.24) is 30.4 Å². The molecule has 15 heteroatoms. The van der Waals surface area contributed by atoms with Crippen molar-refractivity contribution in [2.24, 2.45) is 5.73 Å². The van der Waals surface area contributed by atoms with Gasteiger partial charge in [-0.05, 0) is 44.0 Å². The van der Waals surface area contributed by atoms with Gasteiger partial charge in [0.1, 0.15) is 10.8 Å². The van der Waals surface area contributed by atoms with Crippen LogP contribution in [0.25, 0.3) is 0 Å². The maximum absolute atomic E-state index is 12.1. The molecule has 3 fully saturated rings. The fourth-order valence-corrected chi connectivity index (χ4v) is 6.69. The molecule has 0 radical (unpaired) electrons. The fourth-order valence-electron chi connectivity index (χ4n) is 5.53. The van der Waals surface area contributed by atoms with Crippen LogP contribution in [-0.4, -0.2) is 88.4 Å². The second kappa shape index (κ2) is 12.7. The van der Waals surface area contributed by atoms with Gasteiger partial charge in [0, 0.05) is 69.2 Å². The van der Waals surface area contributed by atoms with E-state index in [4.69, 9.17) is 23.1 Å². The molecule has 1 aromatic carbocycles. The number of urea groups is 1. The molecule has 3 aliphatic heterocycles. The van der Waals surface area contributed by atoms with Crippen LogP contribution in [0.15, 0.2) is 46.5 Å². The van der Waals surface area contributed by atoms with E-state index < -0.39 is 6.03 Å². The van der Waals surface area contributed by atoms with Crippen molar-refractivity contribution >= 4 is 58.4 Å². The number of nitrogen functional groups attached to an aromatic ring is 1. The van der Waals surface area contributed by atoms with Gasteiger partial charge in [-0.2, -0.15) is 5.10 Å². The number of piperidine rings is 1. The molecule has 232 valence electrons. The fraction of sp³-hybridized carbons (Fsp3) is 0.448. The molecule has 6 rings (SSSR count). The number of nitrogens with zero attached hydrogens (tertiary/aromatic N) is 8. The van der Waals surface area contributed by atoms with Gasteiger partial charge in [-0.3, -0.25) is 19.9 Å². The van der Waals surface area contributed by atoms with Crippen LogP contribution in [0.5, 0.6) is 0 Å². The van der Waals surface area contributed by atoms with Gasteiger partial charge in [0.25, 0.3) is 0 Å². The Balaban J connectivity index is 1.04. The number of benzene rings is 1. The Labute approximate surface area is 265 Å². The normalized spacial score (nSPS) is 19.3. The monoisotopic (exact) mass is 637 g/mol. The number of aromatic nitrogens is 4. The smallest absolute Gasteiger partial charge is 0.329 e. The van der Waals surface area contributed by atoms with Crippen LogP contribution >= 0.6 is 23.4 Å². The topological polar surface area (TPSA) is 163 Å². The molecular weight excluding hydrogens is 602 g/mol. The standard InChI is InChI=1S/C29H36ClN11O2S/c1-29(32)8-11-40(12-9-29)23-17-33-27(26(31)34-23)44-21-4-2-3-20(25(21)30)39-15-13-38(14-16-39)18-19-5-6-22(37-36-19)41-10-7-24(42)35-28(41)43/h2-6,17H,7-16,18,32H2,1H3,(H2,31,34)(H,35,42,43). The summed E-state index contributed by atoms with van der Waals surface area (Å²) >= 11 is 8.35. The van der Waals surface area contributed by atoms with Gasteiger partial charge in [-0.25, -0.2) is 14.8 Å². The van der Waals surface area contributed by atoms with E-state index in [1.54, 1.807) is 12.3 Å². The largest absolute Gasteiger partial charge is 0.381 e. The molecule has 5 heterocycles. The lowest BCUT2D eigenvalue weighted by Crippen LogP contribution is -2.50. The number of piperazine rings is 1. The lowest BCUT2D eigenvalue weighted by atomic mass is 9.91. The van der Waals surface area contributed by atoms with Crippen molar-refractivity contribution in [3.05, 3.63) is 47.2 Å². The summed E-state index contributed by atoms with van der Waals surface area (Å²) in [6, 6.07) is 9.19. The van der Waals surface area contributed by atoms with E-state index in [0.717, 1.165) is 74.2 Å². The van der Waals surface area contributed by atoms with Gasteiger partial charge in [0.15, 0.2) is 11.6 Å². The minimum absolute atomic E-state index is 0.139. The predicted molar refractivity (Wildman–Crippen MR) is 171 cm³/mol. The van der Waals surface area contributed by atoms with E-state index in [-0.39, 0.29) is 17.9 Å². The Hall–Kier alpha value is -3.72. The first-order valence-electron chi connectivity index (χ1n) is 14.7. The zero-order valence-electron chi connectivity index (χ0n) is 24.6. The van der Waals surface area contributed by atoms with Crippen molar-refractivity contribution in [3.63, 3.8) is 0 Å². The second-order valence-corrected chi connectivity index (χ2v) is 13.1. The number of carbonyl (C=O) groups excluding carboxylic acids is 2. The first kappa shape index (κ1) is 30.3. The van der Waals surface area contributed by atoms with Crippen molar-refractivity contribution in [2.75, 3.05) is 66.2 Å².